The highest BCUT2D eigenvalue weighted by Gasteiger charge is 2.32. The van der Waals surface area contributed by atoms with Gasteiger partial charge in [0, 0.05) is 24.3 Å². The smallest absolute Gasteiger partial charge is 0.277 e. The van der Waals surface area contributed by atoms with Crippen LogP contribution in [0.4, 0.5) is 11.4 Å². The molecular formula is C30H25N5O3. The number of carbonyl (C=O) groups is 3. The van der Waals surface area contributed by atoms with Crippen LogP contribution in [0.1, 0.15) is 50.0 Å². The number of nitrogens with one attached hydrogen (secondary N) is 1. The minimum Gasteiger partial charge on any atom is -0.322 e. The Bertz CT molecular complexity index is 1580. The summed E-state index contributed by atoms with van der Waals surface area (Å²) in [6.07, 6.45) is 2.49. The van der Waals surface area contributed by atoms with E-state index < -0.39 is 5.91 Å². The third kappa shape index (κ3) is 5.08. The van der Waals surface area contributed by atoms with E-state index in [4.69, 9.17) is 5.26 Å². The first-order chi connectivity index (χ1) is 18.4. The average molecular weight is 504 g/mol. The van der Waals surface area contributed by atoms with Gasteiger partial charge in [-0.15, -0.1) is 0 Å². The lowest BCUT2D eigenvalue weighted by Crippen LogP contribution is -2.41. The number of anilines is 2. The lowest BCUT2D eigenvalue weighted by Gasteiger charge is -2.28. The van der Waals surface area contributed by atoms with Crippen LogP contribution < -0.4 is 10.2 Å². The highest BCUT2D eigenvalue weighted by molar-refractivity contribution is 6.15. The van der Waals surface area contributed by atoms with E-state index in [-0.39, 0.29) is 22.9 Å². The zero-order valence-electron chi connectivity index (χ0n) is 20.8. The first-order valence-corrected chi connectivity index (χ1v) is 12.3. The number of amides is 2. The van der Waals surface area contributed by atoms with Crippen LogP contribution in [-0.2, 0) is 24.2 Å². The fourth-order valence-corrected chi connectivity index (χ4v) is 4.67. The fourth-order valence-electron chi connectivity index (χ4n) is 4.67. The molecule has 1 aromatic heterocycles. The Hall–Kier alpha value is -5.03. The molecule has 0 fully saturated rings. The summed E-state index contributed by atoms with van der Waals surface area (Å²) in [5, 5.41) is 16.1. The van der Waals surface area contributed by atoms with Gasteiger partial charge in [-0.3, -0.25) is 19.1 Å². The molecule has 2 amide bonds. The number of nitriles is 1. The van der Waals surface area contributed by atoms with Crippen molar-refractivity contribution in [1.29, 1.82) is 5.26 Å². The molecule has 1 aliphatic heterocycles. The molecule has 5 rings (SSSR count). The highest BCUT2D eigenvalue weighted by Crippen LogP contribution is 2.25. The van der Waals surface area contributed by atoms with Crippen molar-refractivity contribution in [2.24, 2.45) is 0 Å². The van der Waals surface area contributed by atoms with E-state index in [1.807, 2.05) is 54.6 Å². The number of rotatable bonds is 7. The Kier molecular flexibility index (Phi) is 6.83. The van der Waals surface area contributed by atoms with Crippen molar-refractivity contribution in [3.63, 3.8) is 0 Å². The number of nitrogens with zero attached hydrogens (tertiary/aromatic N) is 4. The number of hydrogen-bond donors (Lipinski definition) is 1. The number of hydrogen-bond acceptors (Lipinski definition) is 5. The van der Waals surface area contributed by atoms with E-state index in [0.29, 0.717) is 37.2 Å². The van der Waals surface area contributed by atoms with Gasteiger partial charge < -0.3 is 10.2 Å². The van der Waals surface area contributed by atoms with Crippen molar-refractivity contribution in [2.75, 3.05) is 16.8 Å². The minimum atomic E-state index is -0.462. The first-order valence-electron chi connectivity index (χ1n) is 12.3. The lowest BCUT2D eigenvalue weighted by molar-refractivity contribution is -0.116. The first kappa shape index (κ1) is 24.7. The number of carbonyl (C=O) groups excluding carboxylic acids is 3. The Balaban J connectivity index is 1.33. The normalized spacial score (nSPS) is 12.5. The Morgan fingerprint density at radius 3 is 2.50 bits per heavy atom. The van der Waals surface area contributed by atoms with Crippen LogP contribution >= 0.6 is 0 Å². The summed E-state index contributed by atoms with van der Waals surface area (Å²) in [5.74, 6) is -0.639. The maximum absolute atomic E-state index is 13.5. The van der Waals surface area contributed by atoms with Gasteiger partial charge in [0.05, 0.1) is 29.9 Å². The van der Waals surface area contributed by atoms with Crippen molar-refractivity contribution in [1.82, 2.24) is 9.78 Å². The van der Waals surface area contributed by atoms with Crippen molar-refractivity contribution in [3.8, 4) is 6.07 Å². The third-order valence-electron chi connectivity index (χ3n) is 6.52. The van der Waals surface area contributed by atoms with Gasteiger partial charge in [0.1, 0.15) is 11.5 Å². The van der Waals surface area contributed by atoms with E-state index in [2.05, 4.69) is 10.4 Å². The van der Waals surface area contributed by atoms with E-state index >= 15 is 0 Å². The molecular weight excluding hydrogens is 478 g/mol. The van der Waals surface area contributed by atoms with Gasteiger partial charge in [-0.05, 0) is 60.4 Å². The van der Waals surface area contributed by atoms with Crippen LogP contribution in [-0.4, -0.2) is 33.9 Å². The summed E-state index contributed by atoms with van der Waals surface area (Å²) >= 11 is 0. The fraction of sp³-hybridized carbons (Fsp3) is 0.167. The summed E-state index contributed by atoms with van der Waals surface area (Å²) in [6, 6.07) is 24.3. The molecule has 1 N–H and O–H groups in total. The van der Waals surface area contributed by atoms with E-state index in [1.54, 1.807) is 40.8 Å². The molecule has 0 radical (unpaired) electrons. The highest BCUT2D eigenvalue weighted by atomic mass is 16.2. The van der Waals surface area contributed by atoms with Gasteiger partial charge in [-0.2, -0.15) is 10.4 Å². The van der Waals surface area contributed by atoms with E-state index in [0.717, 1.165) is 22.4 Å². The Morgan fingerprint density at radius 2 is 1.76 bits per heavy atom. The molecule has 3 aromatic carbocycles. The quantitative estimate of drug-likeness (QED) is 0.402. The van der Waals surface area contributed by atoms with E-state index in [9.17, 15) is 14.4 Å². The predicted octanol–water partition coefficient (Wildman–Crippen LogP) is 4.39. The molecule has 0 atom stereocenters. The predicted molar refractivity (Wildman–Crippen MR) is 143 cm³/mol. The van der Waals surface area contributed by atoms with Crippen LogP contribution in [0.3, 0.4) is 0 Å². The lowest BCUT2D eigenvalue weighted by atomic mass is 9.96. The summed E-state index contributed by atoms with van der Waals surface area (Å²) in [6.45, 7) is 2.48. The molecule has 0 spiro atoms. The molecule has 0 unspecified atom stereocenters. The van der Waals surface area contributed by atoms with Gasteiger partial charge in [-0.1, -0.05) is 42.5 Å². The molecule has 0 bridgehead atoms. The number of Topliss-reactive ketones (excluding diaryl/α,β-unsaturated/α-hetero) is 1. The second-order valence-electron chi connectivity index (χ2n) is 9.22. The van der Waals surface area contributed by atoms with Crippen LogP contribution in [0.5, 0.6) is 0 Å². The van der Waals surface area contributed by atoms with Gasteiger partial charge in [0.25, 0.3) is 11.8 Å². The largest absolute Gasteiger partial charge is 0.322 e. The Morgan fingerprint density at radius 1 is 1.00 bits per heavy atom. The van der Waals surface area contributed by atoms with Crippen molar-refractivity contribution >= 4 is 29.0 Å². The maximum Gasteiger partial charge on any atom is 0.277 e. The van der Waals surface area contributed by atoms with Crippen molar-refractivity contribution in [3.05, 3.63) is 113 Å². The molecule has 38 heavy (non-hydrogen) atoms. The monoisotopic (exact) mass is 503 g/mol. The number of aromatic nitrogens is 2. The standard InChI is InChI=1S/C30H25N5O3/c1-20(36)15-23-6-2-3-7-24(23)16-21-9-11-26(12-10-21)34-13-14-35-28(30(34)38)27(19-32-35)29(37)33-25-8-4-5-22(17-25)18-31/h2-12,17,19H,13-16H2,1H3,(H,33,37). The number of fused-ring (bicyclic) bond motifs is 1. The van der Waals surface area contributed by atoms with E-state index in [1.165, 1.54) is 6.20 Å². The molecule has 8 heteroatoms. The van der Waals surface area contributed by atoms with Gasteiger partial charge in [0.2, 0.25) is 0 Å². The summed E-state index contributed by atoms with van der Waals surface area (Å²) < 4.78 is 1.56. The summed E-state index contributed by atoms with van der Waals surface area (Å²) in [5.41, 5.74) is 5.23. The molecule has 1 aliphatic rings. The molecule has 4 aromatic rings. The second kappa shape index (κ2) is 10.5. The van der Waals surface area contributed by atoms with Crippen LogP contribution in [0, 0.1) is 11.3 Å². The third-order valence-corrected chi connectivity index (χ3v) is 6.52. The van der Waals surface area contributed by atoms with Crippen molar-refractivity contribution < 1.29 is 14.4 Å². The molecule has 188 valence electrons. The number of ketones is 1. The SMILES string of the molecule is CC(=O)Cc1ccccc1Cc1ccc(N2CCn3ncc(C(=O)Nc4cccc(C#N)c4)c3C2=O)cc1. The molecule has 0 saturated heterocycles. The van der Waals surface area contributed by atoms with Gasteiger partial charge in [0.15, 0.2) is 0 Å². The van der Waals surface area contributed by atoms with Crippen molar-refractivity contribution in [2.45, 2.75) is 26.3 Å². The van der Waals surface area contributed by atoms with Gasteiger partial charge >= 0.3 is 0 Å². The maximum atomic E-state index is 13.5. The molecule has 8 nitrogen and oxygen atoms in total. The topological polar surface area (TPSA) is 108 Å². The molecule has 0 saturated carbocycles. The summed E-state index contributed by atoms with van der Waals surface area (Å²) in [7, 11) is 0. The van der Waals surface area contributed by atoms with Crippen LogP contribution in [0.25, 0.3) is 0 Å². The molecule has 0 aliphatic carbocycles. The minimum absolute atomic E-state index is 0.124. The van der Waals surface area contributed by atoms with Crippen LogP contribution in [0.15, 0.2) is 79.0 Å². The second-order valence-corrected chi connectivity index (χ2v) is 9.22. The average Bonchev–Trinajstić information content (AvgIpc) is 3.36. The van der Waals surface area contributed by atoms with Crippen LogP contribution in [0.2, 0.25) is 0 Å². The number of benzene rings is 3. The Labute approximate surface area is 220 Å². The zero-order valence-corrected chi connectivity index (χ0v) is 20.8. The zero-order chi connectivity index (χ0) is 26.6. The van der Waals surface area contributed by atoms with Gasteiger partial charge in [-0.25, -0.2) is 0 Å². The molecule has 2 heterocycles. The summed E-state index contributed by atoms with van der Waals surface area (Å²) in [4.78, 5) is 39.8.